The molecular weight excluding hydrogens is 1320 g/mol. The van der Waals surface area contributed by atoms with E-state index in [9.17, 15) is 28.3 Å². The average molecular weight is 1410 g/mol. The minimum absolute atomic E-state index is 0.0390. The third kappa shape index (κ3) is 22.4. The minimum atomic E-state index is -2.44. The number of nitrogens with zero attached hydrogens (tertiary/aromatic N) is 5. The van der Waals surface area contributed by atoms with Gasteiger partial charge in [0, 0.05) is 86.3 Å². The Bertz CT molecular complexity index is 4520. The van der Waals surface area contributed by atoms with Crippen molar-refractivity contribution in [3.8, 4) is 44.1 Å². The number of aromatic nitrogens is 4. The molecular formula is C76H84F2N6O10P2S2. The molecule has 16 nitrogen and oxygen atoms in total. The quantitative estimate of drug-likeness (QED) is 0.0321. The van der Waals surface area contributed by atoms with Crippen LogP contribution in [0.4, 0.5) is 13.6 Å². The molecule has 1 N–H and O–H groups in total. The number of hydrogen-bond donors (Lipinski definition) is 1. The SMILES string of the molecule is CC(C)(C)OC=O.CCCN(Cc1ccc(-c2cc3nccc(Oc4ccc(CC(=O)Cc5cccc(P(C)(C)=O)c5)cc4F)c3s2)nc1)C(=O)OC(C)(C)C.CCCNCc1ccc(-c2cc3nccc(Oc4ccc(CC(=O)Cc5cccc(P(C)(C)=O)c5)cc4F)c3s2)nc1. The third-order valence-electron chi connectivity index (χ3n) is 14.7. The largest absolute Gasteiger partial charge is 0.462 e. The molecule has 0 saturated carbocycles. The van der Waals surface area contributed by atoms with Gasteiger partial charge < -0.3 is 38.3 Å². The zero-order valence-corrected chi connectivity index (χ0v) is 60.9. The molecule has 98 heavy (non-hydrogen) atoms. The molecule has 22 heteroatoms. The standard InChI is InChI=1S/C38H41FN3O5PS.C33H33FN3O3PS.C5H10O2/c1-7-17-42(37(44)47-38(2,3)4)24-27-11-13-31(41-23-27)35-22-32-36(49-35)34(15-16-40-32)46-33-14-12-26(21-30(33)39)19-28(43)18-25-9-8-10-29(20-25)48(5,6)45;1-4-13-35-20-24-8-10-28(37-21-24)32-19-29-33(42-32)31(12-14-36-29)40-30-11-9-23(18-27(30)34)16-25(38)15-22-6-5-7-26(17-22)41(2,3)39;1-5(2,3)7-4-6/h8-16,20-23H,7,17-19,24H2,1-6H3;5-12,14,17-19,21,35H,4,13,15-16,20H2,1-3H3;4H,1-3H3. The molecule has 0 fully saturated rings. The van der Waals surface area contributed by atoms with E-state index in [2.05, 4.69) is 43.0 Å². The Morgan fingerprint density at radius 3 is 1.37 bits per heavy atom. The van der Waals surface area contributed by atoms with Crippen LogP contribution >= 0.6 is 37.0 Å². The van der Waals surface area contributed by atoms with Crippen molar-refractivity contribution in [3.05, 3.63) is 203 Å². The average Bonchev–Trinajstić information content (AvgIpc) is 1.64. The fraction of sp³-hybridized carbons (Fsp3) is 0.316. The Morgan fingerprint density at radius 2 is 0.990 bits per heavy atom. The van der Waals surface area contributed by atoms with Crippen LogP contribution in [0.3, 0.4) is 0 Å². The third-order valence-corrected chi connectivity index (χ3v) is 20.1. The molecule has 0 aliphatic carbocycles. The van der Waals surface area contributed by atoms with E-state index in [0.29, 0.717) is 47.7 Å². The Morgan fingerprint density at radius 1 is 0.541 bits per heavy atom. The van der Waals surface area contributed by atoms with Crippen LogP contribution in [0.15, 0.2) is 158 Å². The van der Waals surface area contributed by atoms with Gasteiger partial charge in [-0.3, -0.25) is 34.3 Å². The lowest BCUT2D eigenvalue weighted by molar-refractivity contribution is -0.138. The van der Waals surface area contributed by atoms with Crippen molar-refractivity contribution in [2.75, 3.05) is 39.7 Å². The Labute approximate surface area is 580 Å². The highest BCUT2D eigenvalue weighted by Crippen LogP contribution is 2.42. The summed E-state index contributed by atoms with van der Waals surface area (Å²) >= 11 is 2.93. The molecule has 6 aromatic heterocycles. The molecule has 6 heterocycles. The fourth-order valence-corrected chi connectivity index (χ4v) is 13.9. The van der Waals surface area contributed by atoms with E-state index in [1.807, 2.05) is 127 Å². The maximum atomic E-state index is 15.3. The second-order valence-electron chi connectivity index (χ2n) is 26.3. The first-order valence-corrected chi connectivity index (χ1v) is 39.0. The number of carbonyl (C=O) groups excluding carboxylic acids is 4. The first-order valence-electron chi connectivity index (χ1n) is 32.2. The number of ketones is 2. The van der Waals surface area contributed by atoms with Gasteiger partial charge in [-0.05, 0) is 182 Å². The number of benzene rings is 4. The molecule has 1 amide bonds. The highest BCUT2D eigenvalue weighted by Gasteiger charge is 2.24. The number of Topliss-reactive ketones (excluding diaryl/α,β-unsaturated/α-hetero) is 2. The summed E-state index contributed by atoms with van der Waals surface area (Å²) in [7, 11) is -4.85. The molecule has 4 aromatic carbocycles. The number of thiophene rings is 2. The van der Waals surface area contributed by atoms with Crippen molar-refractivity contribution in [2.24, 2.45) is 0 Å². The van der Waals surface area contributed by atoms with Gasteiger partial charge in [0.25, 0.3) is 6.47 Å². The monoisotopic (exact) mass is 1400 g/mol. The van der Waals surface area contributed by atoms with Crippen molar-refractivity contribution in [1.29, 1.82) is 0 Å². The zero-order valence-electron chi connectivity index (χ0n) is 57.4. The number of fused-ring (bicyclic) bond motifs is 2. The molecule has 0 spiro atoms. The summed E-state index contributed by atoms with van der Waals surface area (Å²) in [6.07, 6.45) is 8.92. The summed E-state index contributed by atoms with van der Waals surface area (Å²) in [5, 5.41) is 4.85. The summed E-state index contributed by atoms with van der Waals surface area (Å²) in [4.78, 5) is 69.6. The van der Waals surface area contributed by atoms with Crippen LogP contribution in [0.25, 0.3) is 41.6 Å². The van der Waals surface area contributed by atoms with E-state index in [4.69, 9.17) is 14.2 Å². The first-order chi connectivity index (χ1) is 46.4. The van der Waals surface area contributed by atoms with Gasteiger partial charge in [0.1, 0.15) is 48.6 Å². The van der Waals surface area contributed by atoms with Gasteiger partial charge in [0.05, 0.1) is 48.1 Å². The number of carbonyl (C=O) groups is 4. The first kappa shape index (κ1) is 75.1. The topological polar surface area (TPSA) is 206 Å². The highest BCUT2D eigenvalue weighted by molar-refractivity contribution is 7.70. The van der Waals surface area contributed by atoms with E-state index in [1.165, 1.54) is 40.9 Å². The van der Waals surface area contributed by atoms with Gasteiger partial charge in [0.15, 0.2) is 23.1 Å². The lowest BCUT2D eigenvalue weighted by Crippen LogP contribution is -2.36. The summed E-state index contributed by atoms with van der Waals surface area (Å²) in [5.41, 5.74) is 6.81. The van der Waals surface area contributed by atoms with Crippen molar-refractivity contribution < 1.29 is 56.0 Å². The van der Waals surface area contributed by atoms with Gasteiger partial charge >= 0.3 is 6.09 Å². The highest BCUT2D eigenvalue weighted by atomic mass is 32.1. The van der Waals surface area contributed by atoms with Crippen molar-refractivity contribution in [3.63, 3.8) is 0 Å². The molecule has 10 aromatic rings. The van der Waals surface area contributed by atoms with Crippen molar-refractivity contribution >= 4 is 92.1 Å². The second-order valence-corrected chi connectivity index (χ2v) is 34.9. The number of amides is 1. The van der Waals surface area contributed by atoms with Crippen LogP contribution in [-0.4, -0.2) is 99.9 Å². The summed E-state index contributed by atoms with van der Waals surface area (Å²) < 4.78 is 78.9. The van der Waals surface area contributed by atoms with Crippen molar-refractivity contribution in [1.82, 2.24) is 30.2 Å². The molecule has 0 unspecified atom stereocenters. The summed E-state index contributed by atoms with van der Waals surface area (Å²) in [6, 6.07) is 38.9. The smallest absolute Gasteiger partial charge is 0.410 e. The van der Waals surface area contributed by atoms with E-state index >= 15 is 8.78 Å². The zero-order chi connectivity index (χ0) is 71.0. The maximum Gasteiger partial charge on any atom is 0.410 e. The predicted molar refractivity (Wildman–Crippen MR) is 390 cm³/mol. The van der Waals surface area contributed by atoms with Gasteiger partial charge in [-0.15, -0.1) is 22.7 Å². The summed E-state index contributed by atoms with van der Waals surface area (Å²) in [5.74, 6) is -0.174. The Kier molecular flexibility index (Phi) is 25.9. The predicted octanol–water partition coefficient (Wildman–Crippen LogP) is 17.4. The molecule has 0 radical (unpaired) electrons. The van der Waals surface area contributed by atoms with E-state index in [1.54, 1.807) is 86.5 Å². The number of ether oxygens (including phenoxy) is 4. The van der Waals surface area contributed by atoms with Crippen LogP contribution in [0, 0.1) is 11.6 Å². The van der Waals surface area contributed by atoms with Crippen LogP contribution in [0.5, 0.6) is 23.0 Å². The molecule has 0 aliphatic rings. The lowest BCUT2D eigenvalue weighted by atomic mass is 10.0. The second kappa shape index (κ2) is 33.7. The number of halogens is 2. The number of pyridine rings is 4. The fourth-order valence-electron chi connectivity index (χ4n) is 9.94. The number of hydrogen-bond acceptors (Lipinski definition) is 17. The molecule has 0 atom stereocenters. The Hall–Kier alpha value is -8.64. The number of nitrogens with one attached hydrogen (secondary N) is 1. The molecule has 0 aliphatic heterocycles. The lowest BCUT2D eigenvalue weighted by Gasteiger charge is -2.27. The van der Waals surface area contributed by atoms with Gasteiger partial charge in [-0.2, -0.15) is 0 Å². The van der Waals surface area contributed by atoms with Gasteiger partial charge in [0.2, 0.25) is 0 Å². The molecule has 0 bridgehead atoms. The summed E-state index contributed by atoms with van der Waals surface area (Å²) in [6.45, 7) is 25.1. The molecule has 514 valence electrons. The Balaban J connectivity index is 0.000000230. The van der Waals surface area contributed by atoms with Gasteiger partial charge in [-0.25, -0.2) is 13.6 Å². The maximum absolute atomic E-state index is 15.3. The van der Waals surface area contributed by atoms with E-state index < -0.39 is 31.5 Å². The van der Waals surface area contributed by atoms with Crippen LogP contribution in [-0.2, 0) is 71.8 Å². The molecule has 0 saturated heterocycles. The van der Waals surface area contributed by atoms with Crippen LogP contribution in [0.2, 0.25) is 0 Å². The van der Waals surface area contributed by atoms with E-state index in [-0.39, 0.29) is 60.4 Å². The van der Waals surface area contributed by atoms with Crippen LogP contribution in [0.1, 0.15) is 102 Å². The molecule has 10 rings (SSSR count). The van der Waals surface area contributed by atoms with Crippen molar-refractivity contribution in [2.45, 2.75) is 118 Å². The van der Waals surface area contributed by atoms with Crippen LogP contribution < -0.4 is 25.4 Å². The minimum Gasteiger partial charge on any atom is -0.462 e. The normalized spacial score (nSPS) is 11.7. The number of rotatable bonds is 25. The van der Waals surface area contributed by atoms with E-state index in [0.717, 1.165) is 94.9 Å². The van der Waals surface area contributed by atoms with Gasteiger partial charge in [-0.1, -0.05) is 74.5 Å².